The van der Waals surface area contributed by atoms with Crippen molar-refractivity contribution >= 4 is 5.91 Å². The van der Waals surface area contributed by atoms with Crippen LogP contribution >= 0.6 is 0 Å². The van der Waals surface area contributed by atoms with E-state index in [4.69, 9.17) is 0 Å². The lowest BCUT2D eigenvalue weighted by molar-refractivity contribution is 0.0780. The zero-order valence-electron chi connectivity index (χ0n) is 20.0. The Morgan fingerprint density at radius 3 is 2.09 bits per heavy atom. The van der Waals surface area contributed by atoms with Gasteiger partial charge in [-0.3, -0.25) is 4.79 Å². The molecule has 2 saturated heterocycles. The Kier molecular flexibility index (Phi) is 7.24. The van der Waals surface area contributed by atoms with Gasteiger partial charge in [-0.05, 0) is 91.7 Å². The van der Waals surface area contributed by atoms with Crippen LogP contribution in [-0.4, -0.2) is 48.4 Å². The number of hydrogen-bond acceptors (Lipinski definition) is 2. The average Bonchev–Trinajstić information content (AvgIpc) is 3.30. The van der Waals surface area contributed by atoms with Crippen molar-refractivity contribution in [2.24, 2.45) is 11.8 Å². The molecule has 0 saturated carbocycles. The van der Waals surface area contributed by atoms with Gasteiger partial charge in [-0.2, -0.15) is 0 Å². The van der Waals surface area contributed by atoms with Gasteiger partial charge in [0.2, 0.25) is 0 Å². The van der Waals surface area contributed by atoms with E-state index in [2.05, 4.69) is 35.2 Å². The van der Waals surface area contributed by atoms with Crippen LogP contribution in [0.1, 0.15) is 40.2 Å². The highest BCUT2D eigenvalue weighted by Crippen LogP contribution is 2.35. The number of carbonyl (C=O) groups is 1. The second-order valence-corrected chi connectivity index (χ2v) is 10.1. The molecule has 1 amide bonds. The summed E-state index contributed by atoms with van der Waals surface area (Å²) in [5, 5.41) is 0. The van der Waals surface area contributed by atoms with Crippen LogP contribution in [0.2, 0.25) is 0 Å². The van der Waals surface area contributed by atoms with Gasteiger partial charge in [0.1, 0.15) is 11.6 Å². The van der Waals surface area contributed by atoms with Crippen LogP contribution in [0.5, 0.6) is 0 Å². The van der Waals surface area contributed by atoms with E-state index in [-0.39, 0.29) is 29.4 Å². The molecule has 0 radical (unpaired) electrons. The first-order valence-corrected chi connectivity index (χ1v) is 12.6. The van der Waals surface area contributed by atoms with Crippen molar-refractivity contribution in [3.8, 4) is 0 Å². The molecule has 0 unspecified atom stereocenters. The molecule has 2 fully saturated rings. The van der Waals surface area contributed by atoms with E-state index in [9.17, 15) is 13.6 Å². The van der Waals surface area contributed by atoms with Gasteiger partial charge < -0.3 is 9.80 Å². The van der Waals surface area contributed by atoms with Gasteiger partial charge in [0, 0.05) is 31.1 Å². The predicted molar refractivity (Wildman–Crippen MR) is 134 cm³/mol. The number of amides is 1. The second kappa shape index (κ2) is 10.7. The molecule has 0 aliphatic carbocycles. The Labute approximate surface area is 206 Å². The van der Waals surface area contributed by atoms with Gasteiger partial charge in [0.15, 0.2) is 0 Å². The first-order chi connectivity index (χ1) is 17.0. The zero-order valence-corrected chi connectivity index (χ0v) is 20.0. The third-order valence-electron chi connectivity index (χ3n) is 7.68. The maximum atomic E-state index is 13.6. The van der Waals surface area contributed by atoms with Crippen molar-refractivity contribution in [2.75, 3.05) is 32.7 Å². The third kappa shape index (κ3) is 5.79. The molecule has 0 N–H and O–H groups in total. The molecule has 5 heteroatoms. The fourth-order valence-electron chi connectivity index (χ4n) is 5.74. The van der Waals surface area contributed by atoms with Crippen molar-refractivity contribution in [2.45, 2.75) is 25.2 Å². The van der Waals surface area contributed by atoms with Crippen LogP contribution in [0.25, 0.3) is 0 Å². The van der Waals surface area contributed by atoms with Crippen molar-refractivity contribution in [1.29, 1.82) is 0 Å². The largest absolute Gasteiger partial charge is 0.338 e. The highest BCUT2D eigenvalue weighted by molar-refractivity contribution is 5.94. The smallest absolute Gasteiger partial charge is 0.253 e. The van der Waals surface area contributed by atoms with E-state index in [0.717, 1.165) is 31.6 Å². The molecule has 0 spiro atoms. The molecule has 2 atom stereocenters. The summed E-state index contributed by atoms with van der Waals surface area (Å²) in [6.07, 6.45) is 3.50. The molecular weight excluding hydrogens is 442 g/mol. The Morgan fingerprint density at radius 1 is 0.800 bits per heavy atom. The number of rotatable bonds is 6. The molecule has 5 rings (SSSR count). The van der Waals surface area contributed by atoms with Crippen LogP contribution in [0, 0.1) is 23.5 Å². The normalized spacial score (nSPS) is 21.4. The predicted octanol–water partition coefficient (Wildman–Crippen LogP) is 5.78. The molecule has 182 valence electrons. The molecule has 0 aromatic heterocycles. The van der Waals surface area contributed by atoms with Gasteiger partial charge in [-0.15, -0.1) is 0 Å². The molecule has 3 aromatic carbocycles. The molecule has 3 nitrogen and oxygen atoms in total. The molecule has 3 aromatic rings. The van der Waals surface area contributed by atoms with Gasteiger partial charge in [0.05, 0.1) is 0 Å². The molecule has 2 heterocycles. The number of carbonyl (C=O) groups excluding carboxylic acids is 1. The standard InChI is InChI=1S/C30H32F2N2O/c31-27-10-6-24(7-11-27)29-21-34(30(35)25-8-12-28(32)13-9-25)20-26(29)19-33-16-14-23(15-17-33)18-22-4-2-1-3-5-22/h1-13,23,26,29H,14-21H2/t26-,29-/m0/s1. The molecule has 0 bridgehead atoms. The lowest BCUT2D eigenvalue weighted by Crippen LogP contribution is -2.39. The Morgan fingerprint density at radius 2 is 1.43 bits per heavy atom. The SMILES string of the molecule is O=C(c1ccc(F)cc1)N1C[C@H](CN2CCC(Cc3ccccc3)CC2)[C@H](c2ccc(F)cc2)C1. The summed E-state index contributed by atoms with van der Waals surface area (Å²) in [4.78, 5) is 17.6. The lowest BCUT2D eigenvalue weighted by Gasteiger charge is -2.34. The van der Waals surface area contributed by atoms with Crippen molar-refractivity contribution < 1.29 is 13.6 Å². The lowest BCUT2D eigenvalue weighted by atomic mass is 9.86. The van der Waals surface area contributed by atoms with Crippen molar-refractivity contribution in [3.05, 3.63) is 107 Å². The molecular formula is C30H32F2N2O. The Balaban J connectivity index is 1.25. The van der Waals surface area contributed by atoms with Crippen LogP contribution in [0.15, 0.2) is 78.9 Å². The minimum absolute atomic E-state index is 0.0684. The summed E-state index contributed by atoms with van der Waals surface area (Å²) in [6, 6.07) is 23.2. The van der Waals surface area contributed by atoms with E-state index in [0.29, 0.717) is 24.6 Å². The topological polar surface area (TPSA) is 23.6 Å². The van der Waals surface area contributed by atoms with Crippen LogP contribution in [0.4, 0.5) is 8.78 Å². The van der Waals surface area contributed by atoms with E-state index >= 15 is 0 Å². The fourth-order valence-corrected chi connectivity index (χ4v) is 5.74. The van der Waals surface area contributed by atoms with E-state index in [1.807, 2.05) is 17.0 Å². The van der Waals surface area contributed by atoms with Crippen LogP contribution in [-0.2, 0) is 6.42 Å². The van der Waals surface area contributed by atoms with Gasteiger partial charge in [-0.1, -0.05) is 42.5 Å². The van der Waals surface area contributed by atoms with Gasteiger partial charge in [-0.25, -0.2) is 8.78 Å². The second-order valence-electron chi connectivity index (χ2n) is 10.1. The third-order valence-corrected chi connectivity index (χ3v) is 7.68. The first kappa shape index (κ1) is 23.7. The molecule has 2 aliphatic rings. The van der Waals surface area contributed by atoms with Crippen molar-refractivity contribution in [1.82, 2.24) is 9.80 Å². The van der Waals surface area contributed by atoms with E-state index < -0.39 is 0 Å². The number of piperidine rings is 1. The Bertz CT molecular complexity index is 1110. The van der Waals surface area contributed by atoms with E-state index in [1.54, 1.807) is 12.1 Å². The monoisotopic (exact) mass is 474 g/mol. The summed E-state index contributed by atoms with van der Waals surface area (Å²) >= 11 is 0. The average molecular weight is 475 g/mol. The number of nitrogens with zero attached hydrogens (tertiary/aromatic N) is 2. The quantitative estimate of drug-likeness (QED) is 0.453. The summed E-state index contributed by atoms with van der Waals surface area (Å²) in [6.45, 7) is 4.30. The molecule has 2 aliphatic heterocycles. The minimum Gasteiger partial charge on any atom is -0.338 e. The van der Waals surface area contributed by atoms with Crippen molar-refractivity contribution in [3.63, 3.8) is 0 Å². The molecule has 35 heavy (non-hydrogen) atoms. The number of halogens is 2. The maximum absolute atomic E-state index is 13.6. The van der Waals surface area contributed by atoms with Crippen LogP contribution < -0.4 is 0 Å². The number of likely N-dealkylation sites (tertiary alicyclic amines) is 2. The number of hydrogen-bond donors (Lipinski definition) is 0. The summed E-state index contributed by atoms with van der Waals surface area (Å²) in [7, 11) is 0. The highest BCUT2D eigenvalue weighted by atomic mass is 19.1. The number of benzene rings is 3. The van der Waals surface area contributed by atoms with Crippen LogP contribution in [0.3, 0.4) is 0 Å². The summed E-state index contributed by atoms with van der Waals surface area (Å²) < 4.78 is 26.9. The highest BCUT2D eigenvalue weighted by Gasteiger charge is 2.38. The fraction of sp³-hybridized carbons (Fsp3) is 0.367. The van der Waals surface area contributed by atoms with Gasteiger partial charge >= 0.3 is 0 Å². The maximum Gasteiger partial charge on any atom is 0.253 e. The minimum atomic E-state index is -0.347. The van der Waals surface area contributed by atoms with Gasteiger partial charge in [0.25, 0.3) is 5.91 Å². The zero-order chi connectivity index (χ0) is 24.2. The first-order valence-electron chi connectivity index (χ1n) is 12.6. The Hall–Kier alpha value is -3.05. The summed E-state index contributed by atoms with van der Waals surface area (Å²) in [5.41, 5.74) is 2.99. The summed E-state index contributed by atoms with van der Waals surface area (Å²) in [5.74, 6) is 0.476. The van der Waals surface area contributed by atoms with E-state index in [1.165, 1.54) is 42.7 Å².